The molecule has 0 radical (unpaired) electrons. The Morgan fingerprint density at radius 3 is 2.70 bits per heavy atom. The smallest absolute Gasteiger partial charge is 0.123 e. The number of aryl methyl sites for hydroxylation is 1. The number of anilines is 1. The summed E-state index contributed by atoms with van der Waals surface area (Å²) in [5.41, 5.74) is 4.06. The fraction of sp³-hybridized carbons (Fsp3) is 0.133. The maximum absolute atomic E-state index is 10.1. The molecule has 5 heteroatoms. The zero-order valence-electron chi connectivity index (χ0n) is 11.2. The molecule has 0 saturated carbocycles. The zero-order chi connectivity index (χ0) is 13.4. The largest absolute Gasteiger partial charge is 0.507 e. The van der Waals surface area contributed by atoms with E-state index in [0.29, 0.717) is 5.75 Å². The summed E-state index contributed by atoms with van der Waals surface area (Å²) in [4.78, 5) is 0. The van der Waals surface area contributed by atoms with E-state index in [1.54, 1.807) is 6.07 Å². The quantitative estimate of drug-likeness (QED) is 0.735. The molecule has 3 rings (SSSR count). The van der Waals surface area contributed by atoms with Gasteiger partial charge >= 0.3 is 0 Å². The molecule has 0 saturated heterocycles. The van der Waals surface area contributed by atoms with Gasteiger partial charge in [0.2, 0.25) is 0 Å². The van der Waals surface area contributed by atoms with Gasteiger partial charge in [0, 0.05) is 29.1 Å². The highest BCUT2D eigenvalue weighted by Crippen LogP contribution is 2.40. The highest BCUT2D eigenvalue weighted by molar-refractivity contribution is 7.03. The maximum atomic E-state index is 10.1. The number of nitrogens with zero attached hydrogens (tertiary/aromatic N) is 1. The summed E-state index contributed by atoms with van der Waals surface area (Å²) in [6, 6.07) is 9.67. The standard InChI is InChI=1S/C15H14N2OS.ClH/c1-9-8-12(16-2)15(11-6-7-19-17-11)10-4-3-5-13(18)14(9)10;/h3-8,16,18H,1-2H3;1H. The summed E-state index contributed by atoms with van der Waals surface area (Å²) >= 11 is 1.43. The van der Waals surface area contributed by atoms with Gasteiger partial charge in [0.15, 0.2) is 0 Å². The lowest BCUT2D eigenvalue weighted by molar-refractivity contribution is 0.481. The van der Waals surface area contributed by atoms with Gasteiger partial charge in [-0.2, -0.15) is 4.37 Å². The maximum Gasteiger partial charge on any atom is 0.123 e. The van der Waals surface area contributed by atoms with E-state index in [0.717, 1.165) is 33.3 Å². The molecule has 0 atom stereocenters. The number of halogens is 1. The number of hydrogen-bond donors (Lipinski definition) is 2. The Balaban J connectivity index is 0.00000147. The minimum atomic E-state index is 0. The van der Waals surface area contributed by atoms with E-state index in [1.165, 1.54) is 11.5 Å². The van der Waals surface area contributed by atoms with Gasteiger partial charge in [-0.05, 0) is 47.6 Å². The molecule has 0 aliphatic rings. The average molecular weight is 307 g/mol. The second kappa shape index (κ2) is 5.69. The van der Waals surface area contributed by atoms with Gasteiger partial charge in [0.05, 0.1) is 5.69 Å². The number of aromatic nitrogens is 1. The number of hydrogen-bond acceptors (Lipinski definition) is 4. The Hall–Kier alpha value is -1.78. The predicted molar refractivity (Wildman–Crippen MR) is 88.3 cm³/mol. The van der Waals surface area contributed by atoms with Crippen LogP contribution in [0.4, 0.5) is 5.69 Å². The van der Waals surface area contributed by atoms with E-state index < -0.39 is 0 Å². The molecule has 0 aliphatic heterocycles. The molecule has 3 aromatic rings. The Kier molecular flexibility index (Phi) is 4.16. The van der Waals surface area contributed by atoms with Crippen LogP contribution >= 0.6 is 23.9 Å². The predicted octanol–water partition coefficient (Wildman–Crippen LogP) is 4.44. The van der Waals surface area contributed by atoms with Crippen LogP contribution in [0.2, 0.25) is 0 Å². The van der Waals surface area contributed by atoms with Crippen molar-refractivity contribution in [3.63, 3.8) is 0 Å². The van der Waals surface area contributed by atoms with Gasteiger partial charge in [0.1, 0.15) is 5.75 Å². The molecule has 0 unspecified atom stereocenters. The van der Waals surface area contributed by atoms with Crippen LogP contribution in [0.1, 0.15) is 5.56 Å². The summed E-state index contributed by atoms with van der Waals surface area (Å²) in [6.07, 6.45) is 0. The van der Waals surface area contributed by atoms with Gasteiger partial charge < -0.3 is 10.4 Å². The fourth-order valence-electron chi connectivity index (χ4n) is 2.48. The topological polar surface area (TPSA) is 45.1 Å². The lowest BCUT2D eigenvalue weighted by Crippen LogP contribution is -1.95. The summed E-state index contributed by atoms with van der Waals surface area (Å²) in [5.74, 6) is 0.314. The molecule has 20 heavy (non-hydrogen) atoms. The van der Waals surface area contributed by atoms with Gasteiger partial charge in [-0.3, -0.25) is 0 Å². The number of phenols is 1. The molecular weight excluding hydrogens is 292 g/mol. The van der Waals surface area contributed by atoms with Crippen molar-refractivity contribution in [1.82, 2.24) is 4.37 Å². The number of aromatic hydroxyl groups is 1. The minimum absolute atomic E-state index is 0. The Bertz CT molecular complexity index is 741. The third-order valence-corrected chi connectivity index (χ3v) is 3.86. The van der Waals surface area contributed by atoms with Gasteiger partial charge in [0.25, 0.3) is 0 Å². The SMILES string of the molecule is CNc1cc(C)c2c(O)cccc2c1-c1ccsn1.Cl. The van der Waals surface area contributed by atoms with E-state index >= 15 is 0 Å². The van der Waals surface area contributed by atoms with Crippen molar-refractivity contribution in [3.8, 4) is 17.0 Å². The van der Waals surface area contributed by atoms with Crippen LogP contribution in [0.3, 0.4) is 0 Å². The van der Waals surface area contributed by atoms with Crippen LogP contribution in [0, 0.1) is 6.92 Å². The molecule has 0 spiro atoms. The molecule has 3 nitrogen and oxygen atoms in total. The fourth-order valence-corrected chi connectivity index (χ4v) is 3.00. The van der Waals surface area contributed by atoms with Crippen LogP contribution in [0.5, 0.6) is 5.75 Å². The van der Waals surface area contributed by atoms with Crippen molar-refractivity contribution in [2.75, 3.05) is 12.4 Å². The first-order valence-electron chi connectivity index (χ1n) is 6.06. The van der Waals surface area contributed by atoms with E-state index in [1.807, 2.05) is 37.6 Å². The second-order valence-corrected chi connectivity index (χ2v) is 5.12. The lowest BCUT2D eigenvalue weighted by Gasteiger charge is -2.14. The molecular formula is C15H15ClN2OS. The molecule has 2 N–H and O–H groups in total. The zero-order valence-corrected chi connectivity index (χ0v) is 12.8. The van der Waals surface area contributed by atoms with Crippen molar-refractivity contribution in [3.05, 3.63) is 41.3 Å². The van der Waals surface area contributed by atoms with Crippen LogP contribution in [-0.2, 0) is 0 Å². The Morgan fingerprint density at radius 1 is 1.25 bits per heavy atom. The van der Waals surface area contributed by atoms with E-state index in [9.17, 15) is 5.11 Å². The second-order valence-electron chi connectivity index (χ2n) is 4.45. The van der Waals surface area contributed by atoms with Crippen LogP contribution < -0.4 is 5.32 Å². The molecule has 2 aromatic carbocycles. The number of nitrogens with one attached hydrogen (secondary N) is 1. The van der Waals surface area contributed by atoms with Gasteiger partial charge in [-0.15, -0.1) is 12.4 Å². The minimum Gasteiger partial charge on any atom is -0.507 e. The number of benzene rings is 2. The van der Waals surface area contributed by atoms with E-state index in [2.05, 4.69) is 15.8 Å². The third kappa shape index (κ3) is 2.21. The van der Waals surface area contributed by atoms with Crippen LogP contribution in [-0.4, -0.2) is 16.5 Å². The van der Waals surface area contributed by atoms with Gasteiger partial charge in [-0.1, -0.05) is 12.1 Å². The summed E-state index contributed by atoms with van der Waals surface area (Å²) in [7, 11) is 1.90. The Morgan fingerprint density at radius 2 is 2.05 bits per heavy atom. The molecule has 104 valence electrons. The van der Waals surface area contributed by atoms with Crippen LogP contribution in [0.25, 0.3) is 22.0 Å². The monoisotopic (exact) mass is 306 g/mol. The summed E-state index contributed by atoms with van der Waals surface area (Å²) in [6.45, 7) is 2.01. The molecule has 1 aromatic heterocycles. The van der Waals surface area contributed by atoms with Crippen molar-refractivity contribution in [2.45, 2.75) is 6.92 Å². The van der Waals surface area contributed by atoms with Gasteiger partial charge in [-0.25, -0.2) is 0 Å². The first-order valence-corrected chi connectivity index (χ1v) is 6.90. The van der Waals surface area contributed by atoms with Crippen molar-refractivity contribution in [2.24, 2.45) is 0 Å². The normalized spacial score (nSPS) is 10.3. The molecule has 0 fully saturated rings. The van der Waals surface area contributed by atoms with Crippen molar-refractivity contribution < 1.29 is 5.11 Å². The summed E-state index contributed by atoms with van der Waals surface area (Å²) in [5, 5.41) is 17.2. The molecule has 0 amide bonds. The number of rotatable bonds is 2. The number of fused-ring (bicyclic) bond motifs is 1. The average Bonchev–Trinajstić information content (AvgIpc) is 2.91. The summed E-state index contributed by atoms with van der Waals surface area (Å²) < 4.78 is 4.42. The Labute approximate surface area is 127 Å². The first kappa shape index (κ1) is 14.6. The number of phenolic OH excluding ortho intramolecular Hbond substituents is 1. The third-order valence-electron chi connectivity index (χ3n) is 3.30. The lowest BCUT2D eigenvalue weighted by atomic mass is 9.96. The van der Waals surface area contributed by atoms with Crippen molar-refractivity contribution >= 4 is 40.4 Å². The highest BCUT2D eigenvalue weighted by Gasteiger charge is 2.14. The molecule has 0 bridgehead atoms. The van der Waals surface area contributed by atoms with E-state index in [-0.39, 0.29) is 12.4 Å². The molecule has 0 aliphatic carbocycles. The van der Waals surface area contributed by atoms with Crippen LogP contribution in [0.15, 0.2) is 35.7 Å². The first-order chi connectivity index (χ1) is 9.22. The van der Waals surface area contributed by atoms with E-state index in [4.69, 9.17) is 0 Å². The van der Waals surface area contributed by atoms with Crippen molar-refractivity contribution in [1.29, 1.82) is 0 Å². The highest BCUT2D eigenvalue weighted by atomic mass is 35.5. The molecule has 1 heterocycles.